The van der Waals surface area contributed by atoms with Crippen molar-refractivity contribution in [1.82, 2.24) is 9.71 Å². The summed E-state index contributed by atoms with van der Waals surface area (Å²) >= 11 is 0. The van der Waals surface area contributed by atoms with Crippen LogP contribution in [0.4, 0.5) is 5.69 Å². The van der Waals surface area contributed by atoms with Crippen molar-refractivity contribution in [3.63, 3.8) is 0 Å². The smallest absolute Gasteiger partial charge is 0.255 e. The molecule has 2 N–H and O–H groups in total. The van der Waals surface area contributed by atoms with Gasteiger partial charge in [-0.25, -0.2) is 13.1 Å². The van der Waals surface area contributed by atoms with E-state index in [-0.39, 0.29) is 10.8 Å². The summed E-state index contributed by atoms with van der Waals surface area (Å²) in [5.41, 5.74) is 1.72. The third-order valence-electron chi connectivity index (χ3n) is 3.97. The van der Waals surface area contributed by atoms with E-state index in [1.54, 1.807) is 37.4 Å². The fourth-order valence-corrected chi connectivity index (χ4v) is 3.61. The summed E-state index contributed by atoms with van der Waals surface area (Å²) in [6.45, 7) is 2.32. The Labute approximate surface area is 169 Å². The van der Waals surface area contributed by atoms with Crippen molar-refractivity contribution in [2.24, 2.45) is 0 Å². The van der Waals surface area contributed by atoms with Gasteiger partial charge in [-0.15, -0.1) is 0 Å². The number of sulfonamides is 1. The van der Waals surface area contributed by atoms with E-state index in [1.807, 2.05) is 18.2 Å². The molecule has 7 nitrogen and oxygen atoms in total. The molecule has 8 heteroatoms. The molecule has 0 bridgehead atoms. The molecule has 3 rings (SSSR count). The van der Waals surface area contributed by atoms with Gasteiger partial charge in [0.05, 0.1) is 10.6 Å². The van der Waals surface area contributed by atoms with Crippen molar-refractivity contribution in [1.29, 1.82) is 0 Å². The highest BCUT2D eigenvalue weighted by atomic mass is 32.2. The molecule has 0 radical (unpaired) electrons. The summed E-state index contributed by atoms with van der Waals surface area (Å²) < 4.78 is 32.1. The van der Waals surface area contributed by atoms with Crippen molar-refractivity contribution in [2.45, 2.75) is 18.4 Å². The van der Waals surface area contributed by atoms with Crippen LogP contribution < -0.4 is 14.8 Å². The molecule has 150 valence electrons. The highest BCUT2D eigenvalue weighted by Crippen LogP contribution is 2.19. The lowest BCUT2D eigenvalue weighted by Crippen LogP contribution is -2.23. The van der Waals surface area contributed by atoms with Crippen molar-refractivity contribution < 1.29 is 17.9 Å². The number of amides is 1. The lowest BCUT2D eigenvalue weighted by atomic mass is 10.2. The van der Waals surface area contributed by atoms with Crippen LogP contribution in [0.5, 0.6) is 5.75 Å². The average molecular weight is 411 g/mol. The van der Waals surface area contributed by atoms with Crippen molar-refractivity contribution >= 4 is 21.6 Å². The fraction of sp³-hybridized carbons (Fsp3) is 0.143. The van der Waals surface area contributed by atoms with Crippen molar-refractivity contribution in [3.05, 3.63) is 84.2 Å². The van der Waals surface area contributed by atoms with Gasteiger partial charge in [0, 0.05) is 30.1 Å². The molecule has 0 saturated heterocycles. The van der Waals surface area contributed by atoms with E-state index in [0.717, 1.165) is 5.69 Å². The van der Waals surface area contributed by atoms with Crippen LogP contribution in [0.15, 0.2) is 77.8 Å². The number of hydrogen-bond acceptors (Lipinski definition) is 5. The molecule has 0 saturated carbocycles. The van der Waals surface area contributed by atoms with Gasteiger partial charge < -0.3 is 10.1 Å². The van der Waals surface area contributed by atoms with Crippen molar-refractivity contribution in [3.8, 4) is 5.75 Å². The number of aromatic nitrogens is 1. The minimum Gasteiger partial charge on any atom is -0.487 e. The molecule has 29 heavy (non-hydrogen) atoms. The van der Waals surface area contributed by atoms with E-state index < -0.39 is 10.0 Å². The second-order valence-electron chi connectivity index (χ2n) is 6.12. The molecule has 0 aliphatic heterocycles. The molecule has 0 spiro atoms. The second kappa shape index (κ2) is 9.31. The number of hydrogen-bond donors (Lipinski definition) is 2. The Morgan fingerprint density at radius 3 is 2.52 bits per heavy atom. The number of rotatable bonds is 8. The van der Waals surface area contributed by atoms with Crippen LogP contribution >= 0.6 is 0 Å². The van der Waals surface area contributed by atoms with Crippen LogP contribution in [0.3, 0.4) is 0 Å². The van der Waals surface area contributed by atoms with Crippen LogP contribution in [0.1, 0.15) is 23.0 Å². The number of carbonyl (C=O) groups excluding carboxylic acids is 1. The number of benzene rings is 2. The first-order chi connectivity index (χ1) is 14.0. The number of carbonyl (C=O) groups is 1. The first-order valence-electron chi connectivity index (χ1n) is 9.02. The SMILES string of the molecule is CCNS(=O)(=O)c1ccc(C(=O)Nc2cccc(OCc3ccccn3)c2)cc1. The zero-order valence-corrected chi connectivity index (χ0v) is 16.6. The third kappa shape index (κ3) is 5.63. The summed E-state index contributed by atoms with van der Waals surface area (Å²) in [6.07, 6.45) is 1.70. The molecular formula is C21H21N3O4S. The van der Waals surface area contributed by atoms with Crippen LogP contribution in [0.2, 0.25) is 0 Å². The zero-order chi connectivity index (χ0) is 20.7. The Hall–Kier alpha value is -3.23. The molecule has 0 atom stereocenters. The predicted molar refractivity (Wildman–Crippen MR) is 110 cm³/mol. The maximum Gasteiger partial charge on any atom is 0.255 e. The van der Waals surface area contributed by atoms with E-state index in [0.29, 0.717) is 30.2 Å². The highest BCUT2D eigenvalue weighted by molar-refractivity contribution is 7.89. The van der Waals surface area contributed by atoms with Crippen LogP contribution in [0, 0.1) is 0 Å². The van der Waals surface area contributed by atoms with Gasteiger partial charge in [0.2, 0.25) is 10.0 Å². The number of nitrogens with one attached hydrogen (secondary N) is 2. The maximum absolute atomic E-state index is 12.5. The lowest BCUT2D eigenvalue weighted by Gasteiger charge is -2.10. The number of anilines is 1. The Bertz CT molecular complexity index is 1070. The van der Waals surface area contributed by atoms with Gasteiger partial charge in [0.15, 0.2) is 0 Å². The van der Waals surface area contributed by atoms with Gasteiger partial charge in [0.1, 0.15) is 12.4 Å². The lowest BCUT2D eigenvalue weighted by molar-refractivity contribution is 0.102. The summed E-state index contributed by atoms with van der Waals surface area (Å²) in [5, 5.41) is 2.78. The summed E-state index contributed by atoms with van der Waals surface area (Å²) in [4.78, 5) is 16.8. The van der Waals surface area contributed by atoms with Gasteiger partial charge >= 0.3 is 0 Å². The molecule has 1 aromatic heterocycles. The minimum atomic E-state index is -3.55. The quantitative estimate of drug-likeness (QED) is 0.593. The Balaban J connectivity index is 1.64. The topological polar surface area (TPSA) is 97.4 Å². The van der Waals surface area contributed by atoms with Crippen molar-refractivity contribution in [2.75, 3.05) is 11.9 Å². The molecule has 1 heterocycles. The van der Waals surface area contributed by atoms with E-state index in [4.69, 9.17) is 4.74 Å². The molecule has 1 amide bonds. The second-order valence-corrected chi connectivity index (χ2v) is 7.88. The summed E-state index contributed by atoms with van der Waals surface area (Å²) in [5.74, 6) is 0.250. The van der Waals surface area contributed by atoms with Crippen LogP contribution in [-0.4, -0.2) is 25.9 Å². The highest BCUT2D eigenvalue weighted by Gasteiger charge is 2.14. The van der Waals surface area contributed by atoms with E-state index in [9.17, 15) is 13.2 Å². The Morgan fingerprint density at radius 1 is 1.03 bits per heavy atom. The van der Waals surface area contributed by atoms with Gasteiger partial charge in [-0.1, -0.05) is 19.1 Å². The monoisotopic (exact) mass is 411 g/mol. The minimum absolute atomic E-state index is 0.112. The standard InChI is InChI=1S/C21H21N3O4S/c1-2-23-29(26,27)20-11-9-16(10-12-20)21(25)24-17-7-5-8-19(14-17)28-15-18-6-3-4-13-22-18/h3-14,23H,2,15H2,1H3,(H,24,25). The van der Waals surface area contributed by atoms with Gasteiger partial charge in [-0.2, -0.15) is 0 Å². The van der Waals surface area contributed by atoms with Gasteiger partial charge in [-0.3, -0.25) is 9.78 Å². The summed E-state index contributed by atoms with van der Waals surface area (Å²) in [7, 11) is -3.55. The van der Waals surface area contributed by atoms with Gasteiger partial charge in [0.25, 0.3) is 5.91 Å². The predicted octanol–water partition coefficient (Wildman–Crippen LogP) is 3.21. The Morgan fingerprint density at radius 2 is 1.83 bits per heavy atom. The van der Waals surface area contributed by atoms with E-state index >= 15 is 0 Å². The number of pyridine rings is 1. The van der Waals surface area contributed by atoms with E-state index in [1.165, 1.54) is 24.3 Å². The number of ether oxygens (including phenoxy) is 1. The summed E-state index contributed by atoms with van der Waals surface area (Å²) in [6, 6.07) is 18.4. The molecule has 0 aliphatic rings. The van der Waals surface area contributed by atoms with Gasteiger partial charge in [-0.05, 0) is 48.5 Å². The zero-order valence-electron chi connectivity index (χ0n) is 15.8. The average Bonchev–Trinajstić information content (AvgIpc) is 2.73. The maximum atomic E-state index is 12.5. The molecule has 2 aromatic carbocycles. The fourth-order valence-electron chi connectivity index (χ4n) is 2.57. The molecule has 0 fully saturated rings. The normalized spacial score (nSPS) is 11.1. The molecule has 3 aromatic rings. The van der Waals surface area contributed by atoms with Crippen LogP contribution in [0.25, 0.3) is 0 Å². The first kappa shape index (κ1) is 20.5. The van der Waals surface area contributed by atoms with E-state index in [2.05, 4.69) is 15.0 Å². The van der Waals surface area contributed by atoms with Crippen LogP contribution in [-0.2, 0) is 16.6 Å². The third-order valence-corrected chi connectivity index (χ3v) is 5.53. The Kier molecular flexibility index (Phi) is 6.58. The first-order valence-corrected chi connectivity index (χ1v) is 10.5. The molecule has 0 unspecified atom stereocenters. The largest absolute Gasteiger partial charge is 0.487 e. The molecule has 0 aliphatic carbocycles. The molecular weight excluding hydrogens is 390 g/mol. The number of nitrogens with zero attached hydrogens (tertiary/aromatic N) is 1.